The number of hydrogen-bond donors (Lipinski definition) is 2. The third-order valence-electron chi connectivity index (χ3n) is 12.9. The molecule has 0 spiro atoms. The van der Waals surface area contributed by atoms with Crippen molar-refractivity contribution in [1.82, 2.24) is 44.7 Å². The first-order valence-electron chi connectivity index (χ1n) is 23.3. The first-order chi connectivity index (χ1) is 33.2. The Morgan fingerprint density at radius 2 is 1.62 bits per heavy atom. The number of para-hydroxylation sites is 1. The highest BCUT2D eigenvalue weighted by Crippen LogP contribution is 2.36. The van der Waals surface area contributed by atoms with Crippen LogP contribution in [0.1, 0.15) is 60.5 Å². The molecule has 68 heavy (non-hydrogen) atoms. The summed E-state index contributed by atoms with van der Waals surface area (Å²) in [6.45, 7) is 6.13. The molecular formula is C49H56N10O8S. The van der Waals surface area contributed by atoms with Crippen molar-refractivity contribution in [2.45, 2.75) is 62.0 Å². The number of anilines is 1. The van der Waals surface area contributed by atoms with Crippen LogP contribution in [-0.4, -0.2) is 153 Å². The average Bonchev–Trinajstić information content (AvgIpc) is 3.92. The molecule has 19 heteroatoms. The molecule has 3 N–H and O–H groups in total. The summed E-state index contributed by atoms with van der Waals surface area (Å²) in [6, 6.07) is 22.2. The van der Waals surface area contributed by atoms with Gasteiger partial charge in [0.15, 0.2) is 5.65 Å². The Kier molecular flexibility index (Phi) is 14.9. The number of carbonyl (C=O) groups excluding carboxylic acids is 5. The van der Waals surface area contributed by atoms with Crippen molar-refractivity contribution in [3.8, 4) is 22.8 Å². The quantitative estimate of drug-likeness (QED) is 0.0703. The Morgan fingerprint density at radius 3 is 2.43 bits per heavy atom. The lowest BCUT2D eigenvalue weighted by molar-refractivity contribution is -0.139. The first kappa shape index (κ1) is 46.7. The topological polar surface area (TPSA) is 208 Å². The van der Waals surface area contributed by atoms with Gasteiger partial charge in [-0.15, -0.1) is 11.8 Å². The highest BCUT2D eigenvalue weighted by Gasteiger charge is 2.40. The van der Waals surface area contributed by atoms with Crippen LogP contribution in [0, 0.1) is 0 Å². The van der Waals surface area contributed by atoms with Gasteiger partial charge in [-0.2, -0.15) is 5.10 Å². The molecule has 356 valence electrons. The molecule has 0 aliphatic carbocycles. The number of imide groups is 1. The zero-order valence-electron chi connectivity index (χ0n) is 37.9. The van der Waals surface area contributed by atoms with Crippen LogP contribution in [0.5, 0.6) is 11.5 Å². The van der Waals surface area contributed by atoms with Crippen LogP contribution < -0.4 is 15.8 Å². The van der Waals surface area contributed by atoms with E-state index in [0.29, 0.717) is 105 Å². The molecule has 6 heterocycles. The Bertz CT molecular complexity index is 2620. The summed E-state index contributed by atoms with van der Waals surface area (Å²) in [6.07, 6.45) is 4.88. The van der Waals surface area contributed by atoms with E-state index in [2.05, 4.69) is 20.2 Å². The minimum Gasteiger partial charge on any atom is -0.457 e. The number of amides is 5. The normalized spacial score (nSPS) is 18.8. The molecule has 2 unspecified atom stereocenters. The molecule has 0 bridgehead atoms. The van der Waals surface area contributed by atoms with E-state index in [9.17, 15) is 24.0 Å². The van der Waals surface area contributed by atoms with Crippen LogP contribution in [0.15, 0.2) is 84.0 Å². The predicted molar refractivity (Wildman–Crippen MR) is 254 cm³/mol. The lowest BCUT2D eigenvalue weighted by Crippen LogP contribution is -2.52. The summed E-state index contributed by atoms with van der Waals surface area (Å²) in [5.74, 6) is 1.61. The van der Waals surface area contributed by atoms with Gasteiger partial charge < -0.3 is 34.6 Å². The molecule has 2 aromatic heterocycles. The number of piperidine rings is 2. The van der Waals surface area contributed by atoms with Crippen molar-refractivity contribution < 1.29 is 38.2 Å². The minimum absolute atomic E-state index is 0.00894. The predicted octanol–water partition coefficient (Wildman–Crippen LogP) is 4.54. The van der Waals surface area contributed by atoms with Gasteiger partial charge >= 0.3 is 0 Å². The fraction of sp³-hybridized carbons (Fsp3) is 0.429. The number of aromatic nitrogens is 4. The van der Waals surface area contributed by atoms with E-state index < -0.39 is 11.9 Å². The summed E-state index contributed by atoms with van der Waals surface area (Å²) >= 11 is 1.58. The number of fused-ring (bicyclic) bond motifs is 2. The van der Waals surface area contributed by atoms with Gasteiger partial charge in [0.05, 0.1) is 31.2 Å². The average molecular weight is 945 g/mol. The Balaban J connectivity index is 0.656. The summed E-state index contributed by atoms with van der Waals surface area (Å²) in [4.78, 5) is 81.1. The number of rotatable bonds is 18. The molecule has 0 radical (unpaired) electrons. The number of piperazine rings is 1. The van der Waals surface area contributed by atoms with Crippen LogP contribution >= 0.6 is 11.8 Å². The second kappa shape index (κ2) is 21.7. The number of ether oxygens (including phenoxy) is 3. The molecule has 4 aliphatic heterocycles. The lowest BCUT2D eigenvalue weighted by Gasteiger charge is -2.35. The van der Waals surface area contributed by atoms with Crippen LogP contribution in [0.2, 0.25) is 0 Å². The van der Waals surface area contributed by atoms with E-state index in [1.54, 1.807) is 22.7 Å². The Labute approximate surface area is 398 Å². The Hall–Kier alpha value is -6.41. The van der Waals surface area contributed by atoms with Crippen molar-refractivity contribution in [1.29, 1.82) is 0 Å². The van der Waals surface area contributed by atoms with E-state index in [1.807, 2.05) is 81.2 Å². The fourth-order valence-electron chi connectivity index (χ4n) is 9.34. The van der Waals surface area contributed by atoms with E-state index in [-0.39, 0.29) is 42.7 Å². The number of nitrogens with one attached hydrogen (secondary N) is 1. The highest BCUT2D eigenvalue weighted by atomic mass is 32.2. The van der Waals surface area contributed by atoms with Gasteiger partial charge in [0.1, 0.15) is 42.0 Å². The van der Waals surface area contributed by atoms with Gasteiger partial charge in [-0.05, 0) is 86.3 Å². The van der Waals surface area contributed by atoms with E-state index in [1.165, 1.54) is 6.33 Å². The van der Waals surface area contributed by atoms with Gasteiger partial charge in [-0.1, -0.05) is 24.3 Å². The number of carbonyl (C=O) groups is 5. The second-order valence-corrected chi connectivity index (χ2v) is 18.5. The maximum atomic E-state index is 13.6. The smallest absolute Gasteiger partial charge is 0.255 e. The molecule has 9 rings (SSSR count). The highest BCUT2D eigenvalue weighted by molar-refractivity contribution is 7.99. The molecule has 0 saturated carbocycles. The van der Waals surface area contributed by atoms with E-state index in [4.69, 9.17) is 25.0 Å². The van der Waals surface area contributed by atoms with Gasteiger partial charge in [0.2, 0.25) is 23.6 Å². The number of hydrogen-bond acceptors (Lipinski definition) is 14. The molecule has 3 aromatic carbocycles. The third kappa shape index (κ3) is 10.8. The molecule has 5 aromatic rings. The minimum atomic E-state index is -0.648. The number of nitrogens with two attached hydrogens (primary N) is 1. The summed E-state index contributed by atoms with van der Waals surface area (Å²) < 4.78 is 19.3. The van der Waals surface area contributed by atoms with Crippen molar-refractivity contribution in [3.05, 3.63) is 90.3 Å². The number of nitrogen functional groups attached to an aromatic ring is 1. The van der Waals surface area contributed by atoms with Crippen LogP contribution in [0.4, 0.5) is 5.82 Å². The van der Waals surface area contributed by atoms with E-state index >= 15 is 0 Å². The molecule has 2 atom stereocenters. The second-order valence-electron chi connectivity index (χ2n) is 17.3. The maximum absolute atomic E-state index is 13.6. The zero-order valence-corrected chi connectivity index (χ0v) is 38.7. The number of nitrogens with zero attached hydrogens (tertiary/aromatic N) is 8. The van der Waals surface area contributed by atoms with Crippen molar-refractivity contribution in [3.63, 3.8) is 0 Å². The molecule has 18 nitrogen and oxygen atoms in total. The SMILES string of the molecule is Nc1ncnc2c1c(-c1ccc(Oc3ccccc3)cc1)nn2C1CCCN(C(=O)CCCN2CCN(C(=O)COCCOCCSc3cccc4c3CN(C3CCC(=O)NC3=O)C4=O)CC2)C1. The van der Waals surface area contributed by atoms with Gasteiger partial charge in [0, 0.05) is 80.4 Å². The summed E-state index contributed by atoms with van der Waals surface area (Å²) in [5, 5.41) is 8.08. The van der Waals surface area contributed by atoms with Crippen LogP contribution in [0.3, 0.4) is 0 Å². The van der Waals surface area contributed by atoms with Gasteiger partial charge in [-0.3, -0.25) is 34.2 Å². The van der Waals surface area contributed by atoms with Crippen LogP contribution in [0.25, 0.3) is 22.3 Å². The molecule has 4 aliphatic rings. The van der Waals surface area contributed by atoms with E-state index in [0.717, 1.165) is 60.7 Å². The first-order valence-corrected chi connectivity index (χ1v) is 24.3. The van der Waals surface area contributed by atoms with Crippen molar-refractivity contribution in [2.75, 3.05) is 83.7 Å². The van der Waals surface area contributed by atoms with Crippen LogP contribution in [-0.2, 0) is 35.2 Å². The standard InChI is InChI=1S/C49H56N10O8S/c50-46-44-45(33-13-15-36(16-14-33)67-35-8-2-1-3-9-35)54-59(47(44)52-32-51-46)34-7-5-20-57(29-34)42(61)12-6-19-55-21-23-56(24-22-55)43(62)31-66-26-25-65-27-28-68-40-11-4-10-37-38(40)30-58(49(37)64)39-17-18-41(60)53-48(39)63/h1-4,8-11,13-16,32,34,39H,5-7,12,17-31H2,(H2,50,51,52)(H,53,60,63). The summed E-state index contributed by atoms with van der Waals surface area (Å²) in [7, 11) is 0. The molecule has 3 saturated heterocycles. The third-order valence-corrected chi connectivity index (χ3v) is 14.0. The lowest BCUT2D eigenvalue weighted by atomic mass is 10.0. The largest absolute Gasteiger partial charge is 0.457 e. The monoisotopic (exact) mass is 944 g/mol. The van der Waals surface area contributed by atoms with Crippen molar-refractivity contribution in [2.24, 2.45) is 0 Å². The Morgan fingerprint density at radius 1 is 0.824 bits per heavy atom. The van der Waals surface area contributed by atoms with Crippen molar-refractivity contribution >= 4 is 58.1 Å². The molecule has 3 fully saturated rings. The number of likely N-dealkylation sites (tertiary alicyclic amines) is 1. The number of thioether (sulfide) groups is 1. The zero-order chi connectivity index (χ0) is 47.0. The maximum Gasteiger partial charge on any atom is 0.255 e. The summed E-state index contributed by atoms with van der Waals surface area (Å²) in [5.41, 5.74) is 10.1. The molecule has 5 amide bonds. The van der Waals surface area contributed by atoms with Gasteiger partial charge in [0.25, 0.3) is 5.91 Å². The molecular weight excluding hydrogens is 889 g/mol. The fourth-order valence-corrected chi connectivity index (χ4v) is 10.3. The number of benzene rings is 3. The van der Waals surface area contributed by atoms with Gasteiger partial charge in [-0.25, -0.2) is 14.6 Å².